The largest absolute Gasteiger partial charge is 0.485 e. The molecule has 0 aliphatic rings. The molecule has 0 spiro atoms. The fraction of sp³-hybridized carbons (Fsp3) is 0.120. The van der Waals surface area contributed by atoms with E-state index >= 15 is 0 Å². The van der Waals surface area contributed by atoms with Crippen LogP contribution in [0.5, 0.6) is 17.2 Å². The zero-order chi connectivity index (χ0) is 23.5. The third-order valence-corrected chi connectivity index (χ3v) is 5.19. The lowest BCUT2D eigenvalue weighted by Crippen LogP contribution is -2.38. The van der Waals surface area contributed by atoms with Crippen LogP contribution in [-0.4, -0.2) is 9.13 Å². The summed E-state index contributed by atoms with van der Waals surface area (Å²) < 4.78 is 28.6. The molecule has 0 bridgehead atoms. The molecule has 0 amide bonds. The van der Waals surface area contributed by atoms with Crippen LogP contribution in [0.1, 0.15) is 11.3 Å². The number of rotatable bonds is 6. The summed E-state index contributed by atoms with van der Waals surface area (Å²) in [5.74, 6) is 0.0603. The number of para-hydroxylation sites is 2. The predicted molar refractivity (Wildman–Crippen MR) is 124 cm³/mol. The Morgan fingerprint density at radius 2 is 1.58 bits per heavy atom. The summed E-state index contributed by atoms with van der Waals surface area (Å²) in [6, 6.07) is 20.1. The molecule has 0 saturated carbocycles. The van der Waals surface area contributed by atoms with E-state index in [1.165, 1.54) is 23.7 Å². The van der Waals surface area contributed by atoms with Crippen LogP contribution in [0.25, 0.3) is 5.69 Å². The lowest BCUT2D eigenvalue weighted by atomic mass is 10.2. The number of aryl methyl sites for hydroxylation is 1. The molecule has 0 aliphatic heterocycles. The molecule has 168 valence electrons. The smallest absolute Gasteiger partial charge is 0.335 e. The number of benzene rings is 3. The van der Waals surface area contributed by atoms with Crippen LogP contribution >= 0.6 is 0 Å². The predicted octanol–water partition coefficient (Wildman–Crippen LogP) is 3.94. The monoisotopic (exact) mass is 447 g/mol. The zero-order valence-electron chi connectivity index (χ0n) is 18.1. The van der Waals surface area contributed by atoms with E-state index in [0.29, 0.717) is 23.8 Å². The summed E-state index contributed by atoms with van der Waals surface area (Å²) in [5.41, 5.74) is 5.83. The standard InChI is InChI=1S/C25H22FN3O4/c1-16-12-24(30)29(25(31)28(16)2)20-14-23(19(27)13-18(20)26)33-22-11-7-6-10-21(22)32-15-17-8-4-3-5-9-17/h3-14H,15,27H2,1-2H3. The topological polar surface area (TPSA) is 88.5 Å². The van der Waals surface area contributed by atoms with Crippen molar-refractivity contribution in [3.8, 4) is 22.9 Å². The average molecular weight is 447 g/mol. The lowest BCUT2D eigenvalue weighted by Gasteiger charge is -2.16. The molecule has 0 saturated heterocycles. The molecule has 0 radical (unpaired) electrons. The number of aromatic nitrogens is 2. The van der Waals surface area contributed by atoms with E-state index in [-0.39, 0.29) is 17.1 Å². The molecular formula is C25H22FN3O4. The molecule has 2 N–H and O–H groups in total. The maximum atomic E-state index is 14.8. The van der Waals surface area contributed by atoms with Crippen LogP contribution in [0, 0.1) is 12.7 Å². The highest BCUT2D eigenvalue weighted by molar-refractivity contribution is 5.60. The summed E-state index contributed by atoms with van der Waals surface area (Å²) in [6.45, 7) is 1.94. The highest BCUT2D eigenvalue weighted by Crippen LogP contribution is 2.36. The van der Waals surface area contributed by atoms with E-state index in [0.717, 1.165) is 16.2 Å². The summed E-state index contributed by atoms with van der Waals surface area (Å²) in [7, 11) is 1.50. The second-order valence-corrected chi connectivity index (χ2v) is 7.47. The number of nitrogens with two attached hydrogens (primary N) is 1. The van der Waals surface area contributed by atoms with Crippen LogP contribution in [0.15, 0.2) is 82.4 Å². The van der Waals surface area contributed by atoms with Gasteiger partial charge in [0.15, 0.2) is 17.2 Å². The van der Waals surface area contributed by atoms with E-state index in [9.17, 15) is 14.0 Å². The molecule has 0 fully saturated rings. The van der Waals surface area contributed by atoms with Crippen LogP contribution in [0.3, 0.4) is 0 Å². The van der Waals surface area contributed by atoms with Crippen molar-refractivity contribution < 1.29 is 13.9 Å². The molecule has 8 heteroatoms. The third kappa shape index (κ3) is 4.50. The second-order valence-electron chi connectivity index (χ2n) is 7.47. The van der Waals surface area contributed by atoms with E-state index in [1.807, 2.05) is 30.3 Å². The number of hydrogen-bond donors (Lipinski definition) is 1. The van der Waals surface area contributed by atoms with Gasteiger partial charge in [-0.2, -0.15) is 0 Å². The van der Waals surface area contributed by atoms with Gasteiger partial charge in [0.1, 0.15) is 12.4 Å². The lowest BCUT2D eigenvalue weighted by molar-refractivity contribution is 0.291. The van der Waals surface area contributed by atoms with Gasteiger partial charge < -0.3 is 19.8 Å². The zero-order valence-corrected chi connectivity index (χ0v) is 18.1. The van der Waals surface area contributed by atoms with Crippen molar-refractivity contribution in [2.75, 3.05) is 5.73 Å². The summed E-state index contributed by atoms with van der Waals surface area (Å²) >= 11 is 0. The minimum absolute atomic E-state index is 0.00565. The first-order valence-corrected chi connectivity index (χ1v) is 10.2. The number of anilines is 1. The first kappa shape index (κ1) is 21.9. The van der Waals surface area contributed by atoms with Gasteiger partial charge in [0.05, 0.1) is 11.4 Å². The average Bonchev–Trinajstić information content (AvgIpc) is 2.80. The summed E-state index contributed by atoms with van der Waals surface area (Å²) in [4.78, 5) is 25.1. The Bertz CT molecular complexity index is 1430. The Hall–Kier alpha value is -4.33. The number of nitrogen functional groups attached to an aromatic ring is 1. The molecule has 0 unspecified atom stereocenters. The summed E-state index contributed by atoms with van der Waals surface area (Å²) in [6.07, 6.45) is 0. The molecule has 33 heavy (non-hydrogen) atoms. The Labute approximate surface area is 189 Å². The van der Waals surface area contributed by atoms with Crippen molar-refractivity contribution in [2.45, 2.75) is 13.5 Å². The highest BCUT2D eigenvalue weighted by Gasteiger charge is 2.17. The van der Waals surface area contributed by atoms with Gasteiger partial charge in [-0.1, -0.05) is 42.5 Å². The van der Waals surface area contributed by atoms with Crippen LogP contribution in [0.4, 0.5) is 10.1 Å². The second kappa shape index (κ2) is 9.04. The third-order valence-electron chi connectivity index (χ3n) is 5.19. The molecule has 4 rings (SSSR count). The number of nitrogens with zero attached hydrogens (tertiary/aromatic N) is 2. The van der Waals surface area contributed by atoms with Gasteiger partial charge in [-0.25, -0.2) is 13.8 Å². The fourth-order valence-corrected chi connectivity index (χ4v) is 3.28. The van der Waals surface area contributed by atoms with Crippen molar-refractivity contribution in [1.29, 1.82) is 0 Å². The molecule has 3 aromatic carbocycles. The van der Waals surface area contributed by atoms with Crippen LogP contribution in [-0.2, 0) is 13.7 Å². The molecule has 7 nitrogen and oxygen atoms in total. The van der Waals surface area contributed by atoms with E-state index in [2.05, 4.69) is 0 Å². The van der Waals surface area contributed by atoms with Crippen molar-refractivity contribution in [2.24, 2.45) is 7.05 Å². The SMILES string of the molecule is Cc1cc(=O)n(-c2cc(Oc3ccccc3OCc3ccccc3)c(N)cc2F)c(=O)n1C. The molecule has 0 atom stereocenters. The van der Waals surface area contributed by atoms with E-state index < -0.39 is 17.1 Å². The minimum atomic E-state index is -0.823. The molecule has 4 aromatic rings. The van der Waals surface area contributed by atoms with Gasteiger partial charge in [-0.05, 0) is 24.6 Å². The van der Waals surface area contributed by atoms with Gasteiger partial charge in [0.2, 0.25) is 0 Å². The quantitative estimate of drug-likeness (QED) is 0.453. The maximum absolute atomic E-state index is 14.8. The van der Waals surface area contributed by atoms with Crippen LogP contribution < -0.4 is 26.5 Å². The Balaban J connectivity index is 1.71. The van der Waals surface area contributed by atoms with Gasteiger partial charge in [-0.3, -0.25) is 4.79 Å². The molecule has 0 aliphatic carbocycles. The van der Waals surface area contributed by atoms with Crippen molar-refractivity contribution in [3.63, 3.8) is 0 Å². The van der Waals surface area contributed by atoms with E-state index in [1.54, 1.807) is 31.2 Å². The fourth-order valence-electron chi connectivity index (χ4n) is 3.28. The summed E-state index contributed by atoms with van der Waals surface area (Å²) in [5, 5.41) is 0. The molecular weight excluding hydrogens is 425 g/mol. The van der Waals surface area contributed by atoms with Crippen molar-refractivity contribution in [1.82, 2.24) is 9.13 Å². The van der Waals surface area contributed by atoms with Gasteiger partial charge in [0, 0.05) is 30.9 Å². The Morgan fingerprint density at radius 3 is 2.30 bits per heavy atom. The maximum Gasteiger partial charge on any atom is 0.335 e. The first-order valence-electron chi connectivity index (χ1n) is 10.2. The Morgan fingerprint density at radius 1 is 0.909 bits per heavy atom. The number of halogens is 1. The van der Waals surface area contributed by atoms with Gasteiger partial charge >= 0.3 is 5.69 Å². The first-order chi connectivity index (χ1) is 15.8. The number of ether oxygens (including phenoxy) is 2. The van der Waals surface area contributed by atoms with Gasteiger partial charge in [-0.15, -0.1) is 0 Å². The molecule has 1 aromatic heterocycles. The Kier molecular flexibility index (Phi) is 5.99. The van der Waals surface area contributed by atoms with Crippen molar-refractivity contribution >= 4 is 5.69 Å². The highest BCUT2D eigenvalue weighted by atomic mass is 19.1. The van der Waals surface area contributed by atoms with Crippen molar-refractivity contribution in [3.05, 3.63) is 111 Å². The molecule has 1 heterocycles. The van der Waals surface area contributed by atoms with E-state index in [4.69, 9.17) is 15.2 Å². The van der Waals surface area contributed by atoms with Gasteiger partial charge in [0.25, 0.3) is 5.56 Å². The minimum Gasteiger partial charge on any atom is -0.485 e. The normalized spacial score (nSPS) is 10.8. The van der Waals surface area contributed by atoms with Crippen LogP contribution in [0.2, 0.25) is 0 Å². The number of hydrogen-bond acceptors (Lipinski definition) is 5.